The van der Waals surface area contributed by atoms with Gasteiger partial charge in [-0.05, 0) is 0 Å². The molecule has 8 N–H and O–H groups in total. The van der Waals surface area contributed by atoms with Crippen molar-refractivity contribution in [3.05, 3.63) is 0 Å². The quantitative estimate of drug-likeness (QED) is 0.194. The van der Waals surface area contributed by atoms with Gasteiger partial charge in [0.1, 0.15) is 11.9 Å². The van der Waals surface area contributed by atoms with Crippen LogP contribution in [0.25, 0.3) is 0 Å². The molecule has 1 aliphatic rings. The van der Waals surface area contributed by atoms with Crippen LogP contribution in [0, 0.1) is 0 Å². The van der Waals surface area contributed by atoms with Crippen LogP contribution in [-0.2, 0) is 19.2 Å². The highest BCUT2D eigenvalue weighted by Gasteiger charge is 2.51. The van der Waals surface area contributed by atoms with Crippen LogP contribution in [0.15, 0.2) is 0 Å². The lowest BCUT2D eigenvalue weighted by molar-refractivity contribution is -0.158. The van der Waals surface area contributed by atoms with E-state index in [2.05, 4.69) is 10.3 Å². The first-order valence-corrected chi connectivity index (χ1v) is 6.31. The molecule has 0 saturated carbocycles. The number of aliphatic hydroxyl groups is 2. The van der Waals surface area contributed by atoms with Crippen molar-refractivity contribution in [3.8, 4) is 0 Å². The van der Waals surface area contributed by atoms with Crippen LogP contribution in [0.2, 0.25) is 5.82 Å². The molecule has 0 aliphatic carbocycles. The molecule has 24 heavy (non-hydrogen) atoms. The molecule has 0 aromatic carbocycles. The maximum absolute atomic E-state index is 11.3. The monoisotopic (exact) mass is 343 g/mol. The maximum Gasteiger partial charge on any atom is 0.334 e. The van der Waals surface area contributed by atoms with Gasteiger partial charge in [-0.15, -0.1) is 0 Å². The normalized spacial score (nSPS) is 20.0. The summed E-state index contributed by atoms with van der Waals surface area (Å²) in [6.07, 6.45) is -4.89. The molecule has 1 aliphatic heterocycles. The molecule has 1 heterocycles. The zero-order chi connectivity index (χ0) is 18.6. The standard InChI is InChI=1S/C8H12B3N3O10/c15-3(7(21)22)1(5(17)18)11-13-9-12-10-14(11)2(6(19)20)4(16)8(23)24/h1-4,12-13,15-16H,(H,17,18)(H,19,20)(H,21,22)(H,23,24). The van der Waals surface area contributed by atoms with Crippen molar-refractivity contribution < 1.29 is 49.8 Å². The molecular formula is C8H12B3N3O10. The fourth-order valence-electron chi connectivity index (χ4n) is 2.12. The lowest BCUT2D eigenvalue weighted by atomic mass is 9.50. The average molecular weight is 343 g/mol. The minimum Gasteiger partial charge on any atom is -0.481 e. The van der Waals surface area contributed by atoms with Crippen molar-refractivity contribution in [3.63, 3.8) is 0 Å². The van der Waals surface area contributed by atoms with E-state index in [-0.39, 0.29) is 0 Å². The van der Waals surface area contributed by atoms with E-state index in [1.807, 2.05) is 0 Å². The van der Waals surface area contributed by atoms with Crippen LogP contribution in [0.4, 0.5) is 0 Å². The summed E-state index contributed by atoms with van der Waals surface area (Å²) in [5.41, 5.74) is 0. The largest absolute Gasteiger partial charge is 0.481 e. The second kappa shape index (κ2) is 8.12. The molecular weight excluding hydrogens is 331 g/mol. The van der Waals surface area contributed by atoms with Gasteiger partial charge in [-0.2, -0.15) is 0 Å². The summed E-state index contributed by atoms with van der Waals surface area (Å²) < 4.78 is 0.562. The molecule has 1 fully saturated rings. The lowest BCUT2D eigenvalue weighted by Crippen LogP contribution is -2.74. The van der Waals surface area contributed by atoms with Crippen molar-refractivity contribution in [1.29, 1.82) is 0 Å². The highest BCUT2D eigenvalue weighted by molar-refractivity contribution is 6.78. The van der Waals surface area contributed by atoms with Crippen LogP contribution in [-0.4, -0.2) is 99.6 Å². The van der Waals surface area contributed by atoms with Gasteiger partial charge in [0.25, 0.3) is 15.1 Å². The molecule has 128 valence electrons. The summed E-state index contributed by atoms with van der Waals surface area (Å²) in [5.74, 6) is -9.46. The van der Waals surface area contributed by atoms with Crippen molar-refractivity contribution in [2.45, 2.75) is 24.1 Å². The Morgan fingerprint density at radius 2 is 1.42 bits per heavy atom. The van der Waals surface area contributed by atoms with E-state index in [4.69, 9.17) is 20.4 Å². The van der Waals surface area contributed by atoms with E-state index in [1.165, 1.54) is 0 Å². The van der Waals surface area contributed by atoms with Gasteiger partial charge >= 0.3 is 30.9 Å². The van der Waals surface area contributed by atoms with E-state index in [0.717, 1.165) is 15.1 Å². The fourth-order valence-corrected chi connectivity index (χ4v) is 2.12. The average Bonchev–Trinajstić information content (AvgIpc) is 2.48. The Morgan fingerprint density at radius 1 is 0.875 bits per heavy atom. The van der Waals surface area contributed by atoms with Gasteiger partial charge in [-0.3, -0.25) is 9.59 Å². The van der Waals surface area contributed by atoms with Crippen molar-refractivity contribution in [2.24, 2.45) is 0 Å². The van der Waals surface area contributed by atoms with E-state index < -0.39 is 54.9 Å². The molecule has 0 amide bonds. The summed E-state index contributed by atoms with van der Waals surface area (Å²) in [6, 6.07) is -2.16. The number of rotatable bonds is 8. The first-order valence-electron chi connectivity index (χ1n) is 6.31. The van der Waals surface area contributed by atoms with Gasteiger partial charge in [-0.25, -0.2) is 9.59 Å². The van der Waals surface area contributed by atoms with Gasteiger partial charge in [-0.1, -0.05) is 0 Å². The minimum absolute atomic E-state index is 0.562. The first-order chi connectivity index (χ1) is 11.1. The van der Waals surface area contributed by atoms with E-state index in [9.17, 15) is 29.4 Å². The predicted octanol–water partition coefficient (Wildman–Crippen LogP) is -5.16. The number of aliphatic carboxylic acids is 4. The van der Waals surface area contributed by atoms with Crippen molar-refractivity contribution >= 4 is 46.0 Å². The third-order valence-corrected chi connectivity index (χ3v) is 3.23. The van der Waals surface area contributed by atoms with Gasteiger partial charge in [0.15, 0.2) is 12.2 Å². The zero-order valence-corrected chi connectivity index (χ0v) is 11.8. The predicted molar refractivity (Wildman–Crippen MR) is 75.5 cm³/mol. The molecule has 4 unspecified atom stereocenters. The molecule has 0 spiro atoms. The molecule has 0 bridgehead atoms. The SMILES string of the molecule is O=C(O)C(O)C(B1N[B]N[B]N1C(C(=O)O)C(O)C(=O)O)C(=O)O. The number of hydrogen-bond acceptors (Lipinski definition) is 9. The van der Waals surface area contributed by atoms with Gasteiger partial charge in [0.2, 0.25) is 0 Å². The number of aliphatic hydroxyl groups excluding tert-OH is 2. The van der Waals surface area contributed by atoms with Gasteiger partial charge in [0.05, 0.1) is 0 Å². The number of carboxylic acid groups (broad SMARTS) is 4. The van der Waals surface area contributed by atoms with Crippen LogP contribution in [0.5, 0.6) is 0 Å². The zero-order valence-electron chi connectivity index (χ0n) is 11.8. The Morgan fingerprint density at radius 3 is 1.83 bits per heavy atom. The molecule has 0 aromatic heterocycles. The van der Waals surface area contributed by atoms with E-state index in [1.54, 1.807) is 0 Å². The summed E-state index contributed by atoms with van der Waals surface area (Å²) in [4.78, 5) is 44.4. The number of nitrogens with one attached hydrogen (secondary N) is 2. The van der Waals surface area contributed by atoms with E-state index in [0.29, 0.717) is 4.72 Å². The van der Waals surface area contributed by atoms with Crippen LogP contribution < -0.4 is 10.3 Å². The van der Waals surface area contributed by atoms with Crippen molar-refractivity contribution in [2.75, 3.05) is 0 Å². The maximum atomic E-state index is 11.3. The minimum atomic E-state index is -2.46. The molecule has 4 atom stereocenters. The number of carbonyl (C=O) groups is 4. The Labute approximate surface area is 135 Å². The summed E-state index contributed by atoms with van der Waals surface area (Å²) in [6.45, 7) is -1.68. The number of hydrogen-bond donors (Lipinski definition) is 8. The second-order valence-electron chi connectivity index (χ2n) is 4.71. The molecule has 1 saturated heterocycles. The summed E-state index contributed by atoms with van der Waals surface area (Å²) in [5, 5.41) is 59.7. The first kappa shape index (κ1) is 19.9. The van der Waals surface area contributed by atoms with Crippen LogP contribution in [0.1, 0.15) is 0 Å². The summed E-state index contributed by atoms with van der Waals surface area (Å²) >= 11 is 0. The molecule has 16 heteroatoms. The Bertz CT molecular complexity index is 489. The molecule has 0 aromatic rings. The Kier molecular flexibility index (Phi) is 6.74. The second-order valence-corrected chi connectivity index (χ2v) is 4.71. The van der Waals surface area contributed by atoms with E-state index >= 15 is 0 Å². The molecule has 13 nitrogen and oxygen atoms in total. The smallest absolute Gasteiger partial charge is 0.334 e. The fraction of sp³-hybridized carbons (Fsp3) is 0.500. The topological polar surface area (TPSA) is 217 Å². The third kappa shape index (κ3) is 4.24. The molecule has 1 rings (SSSR count). The van der Waals surface area contributed by atoms with Gasteiger partial charge in [0, 0.05) is 0 Å². The Balaban J connectivity index is 3.26. The Hall–Kier alpha value is -2.13. The highest BCUT2D eigenvalue weighted by Crippen LogP contribution is 2.21. The summed E-state index contributed by atoms with van der Waals surface area (Å²) in [7, 11) is 1.87. The van der Waals surface area contributed by atoms with Crippen molar-refractivity contribution in [1.82, 2.24) is 15.0 Å². The van der Waals surface area contributed by atoms with Crippen LogP contribution >= 0.6 is 0 Å². The number of carboxylic acids is 4. The number of nitrogens with zero attached hydrogens (tertiary/aromatic N) is 1. The third-order valence-electron chi connectivity index (χ3n) is 3.23. The highest BCUT2D eigenvalue weighted by atomic mass is 16.4. The lowest BCUT2D eigenvalue weighted by Gasteiger charge is -2.40. The molecule has 2 radical (unpaired) electrons. The van der Waals surface area contributed by atoms with Crippen LogP contribution in [0.3, 0.4) is 0 Å². The van der Waals surface area contributed by atoms with Gasteiger partial charge < -0.3 is 45.6 Å².